The van der Waals surface area contributed by atoms with Gasteiger partial charge in [0.1, 0.15) is 6.04 Å². The van der Waals surface area contributed by atoms with Crippen LogP contribution in [0, 0.1) is 0 Å². The van der Waals surface area contributed by atoms with Crippen LogP contribution in [-0.4, -0.2) is 30.9 Å². The number of nitrogens with one attached hydrogen (secondary N) is 1. The number of carbonyl (C=O) groups excluding carboxylic acids is 2. The van der Waals surface area contributed by atoms with Crippen LogP contribution < -0.4 is 14.8 Å². The van der Waals surface area contributed by atoms with E-state index in [1.165, 1.54) is 0 Å². The fourth-order valence-corrected chi connectivity index (χ4v) is 4.90. The van der Waals surface area contributed by atoms with Crippen molar-refractivity contribution in [2.24, 2.45) is 0 Å². The Balaban J connectivity index is 1.68. The molecule has 206 valence electrons. The van der Waals surface area contributed by atoms with Crippen LogP contribution in [0.4, 0.5) is 0 Å². The molecule has 1 N–H and O–H groups in total. The smallest absolute Gasteiger partial charge is 0.247 e. The van der Waals surface area contributed by atoms with E-state index in [0.29, 0.717) is 27.1 Å². The molecule has 0 aliphatic carbocycles. The minimum Gasteiger partial charge on any atom is -0.493 e. The topological polar surface area (TPSA) is 67.9 Å². The number of halogens is 2. The molecule has 0 aliphatic rings. The number of carbonyl (C=O) groups is 2. The maximum absolute atomic E-state index is 14.0. The highest BCUT2D eigenvalue weighted by molar-refractivity contribution is 6.35. The molecule has 0 spiro atoms. The highest BCUT2D eigenvalue weighted by Crippen LogP contribution is 2.30. The molecule has 0 heterocycles. The molecular formula is C32H30Cl2N2O4. The number of rotatable bonds is 11. The summed E-state index contributed by atoms with van der Waals surface area (Å²) >= 11 is 12.4. The first-order valence-corrected chi connectivity index (χ1v) is 13.5. The highest BCUT2D eigenvalue weighted by atomic mass is 35.5. The van der Waals surface area contributed by atoms with Crippen LogP contribution in [0.25, 0.3) is 0 Å². The highest BCUT2D eigenvalue weighted by Gasteiger charge is 2.31. The maximum atomic E-state index is 14.0. The van der Waals surface area contributed by atoms with Gasteiger partial charge in [-0.2, -0.15) is 0 Å². The molecule has 1 atom stereocenters. The number of ether oxygens (including phenoxy) is 2. The molecule has 0 saturated carbocycles. The molecule has 0 bridgehead atoms. The third kappa shape index (κ3) is 7.34. The molecule has 0 aromatic heterocycles. The first kappa shape index (κ1) is 29.0. The van der Waals surface area contributed by atoms with Crippen molar-refractivity contribution >= 4 is 35.0 Å². The molecule has 4 aromatic rings. The lowest BCUT2D eigenvalue weighted by molar-refractivity contribution is -0.141. The van der Waals surface area contributed by atoms with Crippen LogP contribution in [0.2, 0.25) is 10.0 Å². The normalized spacial score (nSPS) is 11.4. The van der Waals surface area contributed by atoms with Crippen molar-refractivity contribution in [3.63, 3.8) is 0 Å². The van der Waals surface area contributed by atoms with Gasteiger partial charge in [0, 0.05) is 23.1 Å². The Hall–Kier alpha value is -4.00. The van der Waals surface area contributed by atoms with E-state index < -0.39 is 6.04 Å². The quantitative estimate of drug-likeness (QED) is 0.217. The van der Waals surface area contributed by atoms with Gasteiger partial charge in [0.15, 0.2) is 11.5 Å². The van der Waals surface area contributed by atoms with Crippen LogP contribution in [0.1, 0.15) is 28.3 Å². The SMILES string of the molecule is COc1ccc(CC(=O)N(Cc2ccccc2)[C@H](C(=O)NCc2ccc(Cl)cc2Cl)c2ccccc2)cc1OC. The summed E-state index contributed by atoms with van der Waals surface area (Å²) in [5, 5.41) is 3.94. The van der Waals surface area contributed by atoms with Crippen LogP contribution in [0.15, 0.2) is 97.1 Å². The van der Waals surface area contributed by atoms with E-state index >= 15 is 0 Å². The lowest BCUT2D eigenvalue weighted by Gasteiger charge is -2.32. The summed E-state index contributed by atoms with van der Waals surface area (Å²) in [5.74, 6) is 0.556. The number of methoxy groups -OCH3 is 2. The molecule has 0 radical (unpaired) electrons. The Morgan fingerprint density at radius 1 is 0.800 bits per heavy atom. The Morgan fingerprint density at radius 3 is 2.12 bits per heavy atom. The number of benzene rings is 4. The van der Waals surface area contributed by atoms with Gasteiger partial charge in [0.2, 0.25) is 11.8 Å². The van der Waals surface area contributed by atoms with Crippen molar-refractivity contribution in [2.75, 3.05) is 14.2 Å². The van der Waals surface area contributed by atoms with Crippen LogP contribution in [-0.2, 0) is 29.1 Å². The zero-order valence-electron chi connectivity index (χ0n) is 22.3. The molecule has 4 aromatic carbocycles. The second-order valence-electron chi connectivity index (χ2n) is 9.14. The van der Waals surface area contributed by atoms with Gasteiger partial charge in [-0.1, -0.05) is 96.0 Å². The summed E-state index contributed by atoms with van der Waals surface area (Å²) in [5.41, 5.74) is 3.05. The van der Waals surface area contributed by atoms with Gasteiger partial charge < -0.3 is 19.7 Å². The van der Waals surface area contributed by atoms with Crippen LogP contribution in [0.5, 0.6) is 11.5 Å². The van der Waals surface area contributed by atoms with E-state index in [2.05, 4.69) is 5.32 Å². The Kier molecular flexibility index (Phi) is 10.1. The first-order valence-electron chi connectivity index (χ1n) is 12.7. The van der Waals surface area contributed by atoms with Gasteiger partial charge in [0.05, 0.1) is 20.6 Å². The lowest BCUT2D eigenvalue weighted by Crippen LogP contribution is -2.43. The van der Waals surface area contributed by atoms with Gasteiger partial charge in [-0.25, -0.2) is 0 Å². The zero-order chi connectivity index (χ0) is 28.5. The van der Waals surface area contributed by atoms with Crippen molar-refractivity contribution < 1.29 is 19.1 Å². The Morgan fingerprint density at radius 2 is 1.48 bits per heavy atom. The Labute approximate surface area is 244 Å². The van der Waals surface area contributed by atoms with Crippen molar-refractivity contribution in [1.29, 1.82) is 0 Å². The summed E-state index contributed by atoms with van der Waals surface area (Å²) < 4.78 is 10.8. The molecule has 2 amide bonds. The number of hydrogen-bond donors (Lipinski definition) is 1. The third-order valence-electron chi connectivity index (χ3n) is 6.46. The predicted molar refractivity (Wildman–Crippen MR) is 158 cm³/mol. The number of hydrogen-bond acceptors (Lipinski definition) is 4. The standard InChI is InChI=1S/C32H30Cl2N2O4/c1-39-28-16-13-23(17-29(28)40-2)18-30(37)36(21-22-9-5-3-6-10-22)31(24-11-7-4-8-12-24)32(38)35-20-25-14-15-26(33)19-27(25)34/h3-17,19,31H,18,20-21H2,1-2H3,(H,35,38)/t31-/m0/s1. The van der Waals surface area contributed by atoms with Crippen molar-refractivity contribution in [2.45, 2.75) is 25.6 Å². The maximum Gasteiger partial charge on any atom is 0.247 e. The molecule has 4 rings (SSSR count). The van der Waals surface area contributed by atoms with Gasteiger partial charge >= 0.3 is 0 Å². The Bertz CT molecular complexity index is 1450. The fourth-order valence-electron chi connectivity index (χ4n) is 4.42. The van der Waals surface area contributed by atoms with E-state index in [0.717, 1.165) is 16.7 Å². The minimum absolute atomic E-state index is 0.0623. The summed E-state index contributed by atoms with van der Waals surface area (Å²) in [4.78, 5) is 29.5. The van der Waals surface area contributed by atoms with E-state index in [1.54, 1.807) is 49.5 Å². The molecule has 0 saturated heterocycles. The molecule has 0 aliphatic heterocycles. The van der Waals surface area contributed by atoms with E-state index in [-0.39, 0.29) is 31.3 Å². The number of nitrogens with zero attached hydrogens (tertiary/aromatic N) is 1. The van der Waals surface area contributed by atoms with Gasteiger partial charge in [-0.3, -0.25) is 9.59 Å². The van der Waals surface area contributed by atoms with Crippen molar-refractivity contribution in [3.05, 3.63) is 129 Å². The van der Waals surface area contributed by atoms with Crippen molar-refractivity contribution in [3.8, 4) is 11.5 Å². The second-order valence-corrected chi connectivity index (χ2v) is 9.98. The van der Waals surface area contributed by atoms with E-state index in [9.17, 15) is 9.59 Å². The summed E-state index contributed by atoms with van der Waals surface area (Å²) in [7, 11) is 3.11. The van der Waals surface area contributed by atoms with Crippen LogP contribution >= 0.6 is 23.2 Å². The molecule has 6 nitrogen and oxygen atoms in total. The molecule has 0 fully saturated rings. The predicted octanol–water partition coefficient (Wildman–Crippen LogP) is 6.64. The summed E-state index contributed by atoms with van der Waals surface area (Å²) in [6.07, 6.45) is 0.0623. The second kappa shape index (κ2) is 13.9. The largest absolute Gasteiger partial charge is 0.493 e. The van der Waals surface area contributed by atoms with Gasteiger partial charge in [-0.05, 0) is 46.5 Å². The lowest BCUT2D eigenvalue weighted by atomic mass is 10.0. The molecule has 40 heavy (non-hydrogen) atoms. The minimum atomic E-state index is -0.889. The fraction of sp³-hybridized carbons (Fsp3) is 0.188. The monoisotopic (exact) mass is 576 g/mol. The average molecular weight is 578 g/mol. The summed E-state index contributed by atoms with van der Waals surface area (Å²) in [6, 6.07) is 28.5. The number of amides is 2. The first-order chi connectivity index (χ1) is 19.4. The van der Waals surface area contributed by atoms with Crippen LogP contribution in [0.3, 0.4) is 0 Å². The molecular weight excluding hydrogens is 547 g/mol. The third-order valence-corrected chi connectivity index (χ3v) is 7.05. The van der Waals surface area contributed by atoms with E-state index in [1.807, 2.05) is 66.7 Å². The average Bonchev–Trinajstić information content (AvgIpc) is 2.97. The summed E-state index contributed by atoms with van der Waals surface area (Å²) in [6.45, 7) is 0.420. The molecule has 0 unspecified atom stereocenters. The van der Waals surface area contributed by atoms with Gasteiger partial charge in [-0.15, -0.1) is 0 Å². The zero-order valence-corrected chi connectivity index (χ0v) is 23.8. The van der Waals surface area contributed by atoms with Crippen molar-refractivity contribution in [1.82, 2.24) is 10.2 Å². The molecule has 8 heteroatoms. The van der Waals surface area contributed by atoms with E-state index in [4.69, 9.17) is 32.7 Å². The van der Waals surface area contributed by atoms with Gasteiger partial charge in [0.25, 0.3) is 0 Å².